The Morgan fingerprint density at radius 3 is 2.73 bits per heavy atom. The van der Waals surface area contributed by atoms with Gasteiger partial charge in [-0.3, -0.25) is 14.9 Å². The summed E-state index contributed by atoms with van der Waals surface area (Å²) in [6.07, 6.45) is 0. The van der Waals surface area contributed by atoms with E-state index in [4.69, 9.17) is 9.47 Å². The van der Waals surface area contributed by atoms with Crippen LogP contribution in [0.2, 0.25) is 0 Å². The summed E-state index contributed by atoms with van der Waals surface area (Å²) in [4.78, 5) is 23.9. The van der Waals surface area contributed by atoms with Gasteiger partial charge < -0.3 is 14.0 Å². The molecule has 0 radical (unpaired) electrons. The molecule has 2 aromatic carbocycles. The maximum atomic E-state index is 13.0. The van der Waals surface area contributed by atoms with Crippen molar-refractivity contribution in [2.45, 2.75) is 33.1 Å². The Labute approximate surface area is 204 Å². The average Bonchev–Trinajstić information content (AvgIpc) is 3.09. The van der Waals surface area contributed by atoms with E-state index < -0.39 is 4.92 Å². The van der Waals surface area contributed by atoms with Crippen LogP contribution in [0.3, 0.4) is 0 Å². The number of aryl methyl sites for hydroxylation is 2. The molecule has 9 heteroatoms. The predicted molar refractivity (Wildman–Crippen MR) is 132 cm³/mol. The first-order valence-electron chi connectivity index (χ1n) is 10.3. The average molecular weight is 531 g/mol. The first-order chi connectivity index (χ1) is 15.8. The second-order valence-corrected chi connectivity index (χ2v) is 9.77. The number of hydrogen-bond acceptors (Lipinski definition) is 6. The lowest BCUT2D eigenvalue weighted by Crippen LogP contribution is -2.13. The van der Waals surface area contributed by atoms with Gasteiger partial charge in [-0.1, -0.05) is 22.0 Å². The Morgan fingerprint density at radius 2 is 2.00 bits per heavy atom. The lowest BCUT2D eigenvalue weighted by molar-refractivity contribution is -0.385. The number of ketones is 1. The molecule has 0 amide bonds. The number of benzene rings is 2. The smallest absolute Gasteiger partial charge is 0.270 e. The highest BCUT2D eigenvalue weighted by Crippen LogP contribution is 2.35. The van der Waals surface area contributed by atoms with Gasteiger partial charge in [-0.15, -0.1) is 11.8 Å². The van der Waals surface area contributed by atoms with Gasteiger partial charge in [0, 0.05) is 56.1 Å². The van der Waals surface area contributed by atoms with Gasteiger partial charge in [-0.05, 0) is 44.5 Å². The van der Waals surface area contributed by atoms with Crippen molar-refractivity contribution in [3.63, 3.8) is 0 Å². The van der Waals surface area contributed by atoms with Gasteiger partial charge in [-0.25, -0.2) is 0 Å². The van der Waals surface area contributed by atoms with Gasteiger partial charge in [0.1, 0.15) is 5.75 Å². The molecular weight excluding hydrogens is 508 g/mol. The fraction of sp³-hybridized carbons (Fsp3) is 0.292. The number of nitro benzene ring substituents is 1. The molecule has 33 heavy (non-hydrogen) atoms. The maximum absolute atomic E-state index is 13.0. The molecule has 0 spiro atoms. The number of carbonyl (C=O) groups excluding carboxylic acids is 1. The lowest BCUT2D eigenvalue weighted by atomic mass is 10.1. The molecule has 0 saturated heterocycles. The van der Waals surface area contributed by atoms with E-state index in [0.29, 0.717) is 28.2 Å². The summed E-state index contributed by atoms with van der Waals surface area (Å²) in [5.74, 6) is 1.33. The predicted octanol–water partition coefficient (Wildman–Crippen LogP) is 6.06. The molecule has 0 atom stereocenters. The zero-order valence-electron chi connectivity index (χ0n) is 18.5. The number of halogens is 1. The number of nitrogens with zero attached hydrogens (tertiary/aromatic N) is 2. The molecule has 2 heterocycles. The monoisotopic (exact) mass is 530 g/mol. The van der Waals surface area contributed by atoms with Crippen molar-refractivity contribution < 1.29 is 19.2 Å². The van der Waals surface area contributed by atoms with Crippen LogP contribution in [0.1, 0.15) is 38.4 Å². The second-order valence-electron chi connectivity index (χ2n) is 7.93. The normalized spacial score (nSPS) is 12.8. The fourth-order valence-corrected chi connectivity index (χ4v) is 5.23. The number of ether oxygens (including phenoxy) is 2. The van der Waals surface area contributed by atoms with Crippen LogP contribution in [0.4, 0.5) is 5.69 Å². The van der Waals surface area contributed by atoms with Crippen molar-refractivity contribution in [3.05, 3.63) is 84.6 Å². The molecule has 0 N–H and O–H groups in total. The highest BCUT2D eigenvalue weighted by Gasteiger charge is 2.22. The lowest BCUT2D eigenvalue weighted by Gasteiger charge is -2.20. The topological polar surface area (TPSA) is 83.6 Å². The standard InChI is InChI=1S/C24H23BrN2O5S/c1-14-4-5-19(9-22(14)25)26-15(2)6-21(16(26)3)23(28)12-33-11-18-8-20(27(29)30)7-17-10-31-13-32-24(17)18/h4-9H,10-13H2,1-3H3. The molecular formula is C24H23BrN2O5S. The van der Waals surface area contributed by atoms with Crippen LogP contribution in [0.15, 0.2) is 40.9 Å². The van der Waals surface area contributed by atoms with Crippen LogP contribution in [0.5, 0.6) is 5.75 Å². The molecule has 0 unspecified atom stereocenters. The van der Waals surface area contributed by atoms with Crippen molar-refractivity contribution >= 4 is 39.2 Å². The van der Waals surface area contributed by atoms with E-state index in [1.54, 1.807) is 0 Å². The third kappa shape index (κ3) is 4.85. The van der Waals surface area contributed by atoms with Crippen LogP contribution >= 0.6 is 27.7 Å². The molecule has 0 fully saturated rings. The van der Waals surface area contributed by atoms with Gasteiger partial charge in [0.05, 0.1) is 17.3 Å². The van der Waals surface area contributed by atoms with Crippen molar-refractivity contribution in [1.29, 1.82) is 0 Å². The second kappa shape index (κ2) is 9.70. The summed E-state index contributed by atoms with van der Waals surface area (Å²) in [7, 11) is 0. The molecule has 172 valence electrons. The molecule has 0 aliphatic carbocycles. The number of fused-ring (bicyclic) bond motifs is 1. The van der Waals surface area contributed by atoms with Crippen molar-refractivity contribution in [2.75, 3.05) is 12.5 Å². The summed E-state index contributed by atoms with van der Waals surface area (Å²) in [5.41, 5.74) is 6.06. The first kappa shape index (κ1) is 23.5. The molecule has 1 aromatic heterocycles. The Balaban J connectivity index is 1.51. The zero-order valence-corrected chi connectivity index (χ0v) is 20.9. The minimum atomic E-state index is -0.424. The van der Waals surface area contributed by atoms with Gasteiger partial charge in [-0.2, -0.15) is 0 Å². The van der Waals surface area contributed by atoms with E-state index in [1.807, 2.05) is 45.0 Å². The van der Waals surface area contributed by atoms with E-state index in [9.17, 15) is 14.9 Å². The maximum Gasteiger partial charge on any atom is 0.270 e. The molecule has 0 saturated carbocycles. The van der Waals surface area contributed by atoms with E-state index >= 15 is 0 Å². The minimum Gasteiger partial charge on any atom is -0.467 e. The van der Waals surface area contributed by atoms with E-state index in [0.717, 1.165) is 27.1 Å². The number of hydrogen-bond donors (Lipinski definition) is 0. The highest BCUT2D eigenvalue weighted by atomic mass is 79.9. The number of non-ortho nitro benzene ring substituents is 1. The van der Waals surface area contributed by atoms with Crippen LogP contribution in [0.25, 0.3) is 5.69 Å². The van der Waals surface area contributed by atoms with Crippen molar-refractivity contribution in [1.82, 2.24) is 4.57 Å². The Morgan fingerprint density at radius 1 is 1.21 bits per heavy atom. The molecule has 4 rings (SSSR count). The number of aromatic nitrogens is 1. The summed E-state index contributed by atoms with van der Waals surface area (Å²) in [6.45, 7) is 6.35. The SMILES string of the molecule is Cc1ccc(-n2c(C)cc(C(=O)CSCc3cc([N+](=O)[O-])cc4c3OCOC4)c2C)cc1Br. The summed E-state index contributed by atoms with van der Waals surface area (Å²) >= 11 is 5.00. The van der Waals surface area contributed by atoms with Crippen LogP contribution < -0.4 is 4.74 Å². The Hall–Kier alpha value is -2.62. The van der Waals surface area contributed by atoms with Gasteiger partial charge in [0.25, 0.3) is 5.69 Å². The fourth-order valence-electron chi connectivity index (χ4n) is 3.99. The molecule has 1 aliphatic rings. The summed E-state index contributed by atoms with van der Waals surface area (Å²) in [6, 6.07) is 11.0. The minimum absolute atomic E-state index is 0.00224. The quantitative estimate of drug-likeness (QED) is 0.210. The van der Waals surface area contributed by atoms with E-state index in [1.165, 1.54) is 23.9 Å². The number of nitro groups is 1. The van der Waals surface area contributed by atoms with Crippen molar-refractivity contribution in [2.24, 2.45) is 0 Å². The van der Waals surface area contributed by atoms with Gasteiger partial charge in [0.2, 0.25) is 0 Å². The molecule has 1 aliphatic heterocycles. The largest absolute Gasteiger partial charge is 0.467 e. The van der Waals surface area contributed by atoms with Crippen LogP contribution in [-0.2, 0) is 17.1 Å². The summed E-state index contributed by atoms with van der Waals surface area (Å²) in [5, 5.41) is 11.3. The third-order valence-corrected chi connectivity index (χ3v) is 7.45. The van der Waals surface area contributed by atoms with Gasteiger partial charge >= 0.3 is 0 Å². The number of rotatable bonds is 7. The van der Waals surface area contributed by atoms with E-state index in [2.05, 4.69) is 20.5 Å². The third-order valence-electron chi connectivity index (χ3n) is 5.62. The van der Waals surface area contributed by atoms with Crippen LogP contribution in [0, 0.1) is 30.9 Å². The van der Waals surface area contributed by atoms with Gasteiger partial charge in [0.15, 0.2) is 12.6 Å². The number of carbonyl (C=O) groups is 1. The van der Waals surface area contributed by atoms with E-state index in [-0.39, 0.29) is 30.6 Å². The summed E-state index contributed by atoms with van der Waals surface area (Å²) < 4.78 is 13.9. The first-order valence-corrected chi connectivity index (χ1v) is 12.3. The number of Topliss-reactive ketones (excluding diaryl/α,β-unsaturated/α-hetero) is 1. The molecule has 0 bridgehead atoms. The van der Waals surface area contributed by atoms with Crippen molar-refractivity contribution in [3.8, 4) is 11.4 Å². The molecule has 3 aromatic rings. The highest BCUT2D eigenvalue weighted by molar-refractivity contribution is 9.10. The zero-order chi connectivity index (χ0) is 23.7. The number of thioether (sulfide) groups is 1. The Bertz CT molecular complexity index is 1250. The van der Waals surface area contributed by atoms with Crippen LogP contribution in [-0.4, -0.2) is 27.8 Å². The Kier molecular flexibility index (Phi) is 6.92. The molecule has 7 nitrogen and oxygen atoms in total.